The van der Waals surface area contributed by atoms with Crippen molar-refractivity contribution in [2.24, 2.45) is 0 Å². The van der Waals surface area contributed by atoms with E-state index in [1.807, 2.05) is 12.1 Å². The molecule has 0 unspecified atom stereocenters. The van der Waals surface area contributed by atoms with Crippen LogP contribution in [-0.2, 0) is 23.1 Å². The highest BCUT2D eigenvalue weighted by Gasteiger charge is 2.19. The number of aryl methyl sites for hydroxylation is 2. The summed E-state index contributed by atoms with van der Waals surface area (Å²) in [7, 11) is -0.409. The molecule has 0 radical (unpaired) electrons. The van der Waals surface area contributed by atoms with Crippen molar-refractivity contribution < 1.29 is 8.42 Å². The molecule has 6 nitrogen and oxygen atoms in total. The third kappa shape index (κ3) is 3.77. The number of imidazole rings is 1. The normalized spacial score (nSPS) is 12.1. The minimum Gasteiger partial charge on any atom is -0.378 e. The molecular weight excluding hydrogens is 372 g/mol. The molecule has 0 atom stereocenters. The molecule has 28 heavy (non-hydrogen) atoms. The molecule has 0 aliphatic rings. The van der Waals surface area contributed by atoms with Gasteiger partial charge in [0.1, 0.15) is 5.82 Å². The first-order chi connectivity index (χ1) is 13.3. The van der Waals surface area contributed by atoms with Gasteiger partial charge in [0.25, 0.3) is 0 Å². The smallest absolute Gasteiger partial charge is 0.242 e. The Balaban J connectivity index is 1.99. The molecule has 0 spiro atoms. The number of nitrogens with one attached hydrogen (secondary N) is 1. The van der Waals surface area contributed by atoms with Crippen LogP contribution in [0.5, 0.6) is 0 Å². The fraction of sp³-hybridized carbons (Fsp3) is 0.381. The van der Waals surface area contributed by atoms with Crippen molar-refractivity contribution in [1.29, 1.82) is 0 Å². The number of aromatic nitrogens is 2. The van der Waals surface area contributed by atoms with Crippen molar-refractivity contribution >= 4 is 26.7 Å². The largest absolute Gasteiger partial charge is 0.378 e. The van der Waals surface area contributed by atoms with E-state index in [0.29, 0.717) is 12.1 Å². The van der Waals surface area contributed by atoms with E-state index >= 15 is 0 Å². The van der Waals surface area contributed by atoms with Crippen LogP contribution >= 0.6 is 0 Å². The van der Waals surface area contributed by atoms with Crippen molar-refractivity contribution in [3.63, 3.8) is 0 Å². The molecule has 1 aromatic heterocycles. The van der Waals surface area contributed by atoms with Crippen molar-refractivity contribution in [3.05, 3.63) is 53.3 Å². The van der Waals surface area contributed by atoms with Crippen LogP contribution in [0.15, 0.2) is 41.3 Å². The van der Waals surface area contributed by atoms with E-state index in [1.165, 1.54) is 29.5 Å². The maximum absolute atomic E-state index is 12.5. The second-order valence-corrected chi connectivity index (χ2v) is 9.37. The number of anilines is 1. The number of hydrogen-bond acceptors (Lipinski definition) is 4. The van der Waals surface area contributed by atoms with E-state index in [9.17, 15) is 8.42 Å². The predicted molar refractivity (Wildman–Crippen MR) is 114 cm³/mol. The number of nitrogens with zero attached hydrogens (tertiary/aromatic N) is 3. The molecule has 3 rings (SSSR count). The predicted octanol–water partition coefficient (Wildman–Crippen LogP) is 3.93. The molecule has 0 amide bonds. The van der Waals surface area contributed by atoms with Gasteiger partial charge in [-0.15, -0.1) is 0 Å². The van der Waals surface area contributed by atoms with Gasteiger partial charge < -0.3 is 9.88 Å². The quantitative estimate of drug-likeness (QED) is 0.653. The van der Waals surface area contributed by atoms with E-state index in [4.69, 9.17) is 4.98 Å². The van der Waals surface area contributed by atoms with Crippen molar-refractivity contribution in [2.75, 3.05) is 19.4 Å². The average Bonchev–Trinajstić information content (AvgIpc) is 3.00. The zero-order valence-corrected chi connectivity index (χ0v) is 18.0. The first kappa shape index (κ1) is 20.4. The highest BCUT2D eigenvalue weighted by molar-refractivity contribution is 7.89. The molecule has 2 aromatic carbocycles. The Morgan fingerprint density at radius 1 is 1.14 bits per heavy atom. The molecule has 0 aliphatic heterocycles. The number of fused-ring (bicyclic) bond motifs is 1. The molecule has 0 fully saturated rings. The van der Waals surface area contributed by atoms with Gasteiger partial charge in [0.05, 0.1) is 22.5 Å². The van der Waals surface area contributed by atoms with E-state index < -0.39 is 10.0 Å². The van der Waals surface area contributed by atoms with E-state index in [1.54, 1.807) is 12.1 Å². The monoisotopic (exact) mass is 400 g/mol. The topological polar surface area (TPSA) is 67.2 Å². The molecule has 0 saturated carbocycles. The van der Waals surface area contributed by atoms with Crippen LogP contribution in [0, 0.1) is 13.8 Å². The summed E-state index contributed by atoms with van der Waals surface area (Å²) < 4.78 is 28.3. The highest BCUT2D eigenvalue weighted by atomic mass is 32.2. The minimum absolute atomic E-state index is 0.264. The molecule has 1 heterocycles. The molecule has 150 valence electrons. The number of sulfonamides is 1. The van der Waals surface area contributed by atoms with Gasteiger partial charge in [0.2, 0.25) is 10.0 Å². The van der Waals surface area contributed by atoms with Gasteiger partial charge in [-0.1, -0.05) is 19.1 Å². The lowest BCUT2D eigenvalue weighted by Gasteiger charge is -2.13. The maximum atomic E-state index is 12.5. The Morgan fingerprint density at radius 3 is 2.57 bits per heavy atom. The second-order valence-electron chi connectivity index (χ2n) is 7.22. The van der Waals surface area contributed by atoms with E-state index in [0.717, 1.165) is 30.0 Å². The first-order valence-electron chi connectivity index (χ1n) is 9.47. The van der Waals surface area contributed by atoms with Crippen LogP contribution < -0.4 is 5.32 Å². The summed E-state index contributed by atoms with van der Waals surface area (Å²) in [6.07, 6.45) is 0.972. The average molecular weight is 401 g/mol. The Labute approximate surface area is 167 Å². The SMILES string of the molecule is CCCn1c(CNc2cccc(C)c2C)nc2cc(S(=O)(=O)N(C)C)ccc21. The zero-order chi connectivity index (χ0) is 20.5. The Hall–Kier alpha value is -2.38. The molecule has 3 aromatic rings. The lowest BCUT2D eigenvalue weighted by Crippen LogP contribution is -2.22. The van der Waals surface area contributed by atoms with Crippen LogP contribution in [0.25, 0.3) is 11.0 Å². The number of benzene rings is 2. The number of hydrogen-bond donors (Lipinski definition) is 1. The second kappa shape index (κ2) is 7.93. The van der Waals surface area contributed by atoms with Gasteiger partial charge in [-0.3, -0.25) is 0 Å². The molecule has 0 saturated heterocycles. The summed E-state index contributed by atoms with van der Waals surface area (Å²) in [5.74, 6) is 0.900. The molecule has 1 N–H and O–H groups in total. The van der Waals surface area contributed by atoms with Crippen LogP contribution in [0.1, 0.15) is 30.3 Å². The van der Waals surface area contributed by atoms with Crippen LogP contribution in [0.4, 0.5) is 5.69 Å². The van der Waals surface area contributed by atoms with Crippen molar-refractivity contribution in [2.45, 2.75) is 45.2 Å². The summed E-state index contributed by atoms with van der Waals surface area (Å²) >= 11 is 0. The summed E-state index contributed by atoms with van der Waals surface area (Å²) in [5.41, 5.74) is 5.21. The van der Waals surface area contributed by atoms with Gasteiger partial charge >= 0.3 is 0 Å². The number of rotatable bonds is 7. The fourth-order valence-corrected chi connectivity index (χ4v) is 4.18. The molecule has 0 aliphatic carbocycles. The van der Waals surface area contributed by atoms with Crippen LogP contribution in [-0.4, -0.2) is 36.4 Å². The Kier molecular flexibility index (Phi) is 5.76. The van der Waals surface area contributed by atoms with Gasteiger partial charge in [0, 0.05) is 26.3 Å². The third-order valence-electron chi connectivity index (χ3n) is 5.07. The maximum Gasteiger partial charge on any atom is 0.242 e. The van der Waals surface area contributed by atoms with Crippen LogP contribution in [0.3, 0.4) is 0 Å². The van der Waals surface area contributed by atoms with Crippen molar-refractivity contribution in [3.8, 4) is 0 Å². The Morgan fingerprint density at radius 2 is 1.89 bits per heavy atom. The summed E-state index contributed by atoms with van der Waals surface area (Å²) in [6.45, 7) is 7.73. The van der Waals surface area contributed by atoms with Gasteiger partial charge in [-0.05, 0) is 55.7 Å². The third-order valence-corrected chi connectivity index (χ3v) is 6.88. The summed E-state index contributed by atoms with van der Waals surface area (Å²) in [5, 5.41) is 3.48. The van der Waals surface area contributed by atoms with Crippen molar-refractivity contribution in [1.82, 2.24) is 13.9 Å². The lowest BCUT2D eigenvalue weighted by molar-refractivity contribution is 0.521. The lowest BCUT2D eigenvalue weighted by atomic mass is 10.1. The zero-order valence-electron chi connectivity index (χ0n) is 17.2. The van der Waals surface area contributed by atoms with Gasteiger partial charge in [0.15, 0.2) is 0 Å². The first-order valence-corrected chi connectivity index (χ1v) is 10.9. The summed E-state index contributed by atoms with van der Waals surface area (Å²) in [6, 6.07) is 11.4. The molecule has 7 heteroatoms. The minimum atomic E-state index is -3.48. The highest BCUT2D eigenvalue weighted by Crippen LogP contribution is 2.24. The van der Waals surface area contributed by atoms with Gasteiger partial charge in [-0.2, -0.15) is 0 Å². The molecule has 0 bridgehead atoms. The van der Waals surface area contributed by atoms with E-state index in [2.05, 4.69) is 42.8 Å². The molecular formula is C21H28N4O2S. The van der Waals surface area contributed by atoms with E-state index in [-0.39, 0.29) is 4.90 Å². The fourth-order valence-electron chi connectivity index (χ4n) is 3.26. The van der Waals surface area contributed by atoms with Crippen LogP contribution in [0.2, 0.25) is 0 Å². The van der Waals surface area contributed by atoms with Gasteiger partial charge in [-0.25, -0.2) is 17.7 Å². The standard InChI is InChI=1S/C21H28N4O2S/c1-6-12-25-20-11-10-17(28(26,27)24(4)5)13-19(20)23-21(25)14-22-18-9-7-8-15(2)16(18)3/h7-11,13,22H,6,12,14H2,1-5H3. The summed E-state index contributed by atoms with van der Waals surface area (Å²) in [4.78, 5) is 5.01. The Bertz CT molecular complexity index is 1100.